The molecule has 0 saturated heterocycles. The lowest BCUT2D eigenvalue weighted by atomic mass is 9.99. The van der Waals surface area contributed by atoms with Crippen molar-refractivity contribution in [2.75, 3.05) is 6.54 Å². The molecule has 0 aliphatic rings. The van der Waals surface area contributed by atoms with Crippen LogP contribution < -0.4 is 5.32 Å². The third-order valence-corrected chi connectivity index (χ3v) is 3.36. The molecule has 0 spiro atoms. The number of nitro benzene ring substituents is 1. The molecule has 0 amide bonds. The fourth-order valence-electron chi connectivity index (χ4n) is 1.98. The zero-order valence-corrected chi connectivity index (χ0v) is 11.8. The molecule has 1 unspecified atom stereocenters. The number of nitrogens with zero attached hydrogens (tertiary/aromatic N) is 1. The first-order valence-electron chi connectivity index (χ1n) is 6.16. The molecule has 0 aliphatic carbocycles. The number of likely N-dealkylation sites (N-methyl/N-ethyl adjacent to an activating group) is 1. The van der Waals surface area contributed by atoms with Crippen LogP contribution in [0, 0.1) is 17.0 Å². The Morgan fingerprint density at radius 3 is 2.61 bits per heavy atom. The Kier molecular flexibility index (Phi) is 5.56. The summed E-state index contributed by atoms with van der Waals surface area (Å²) in [6.07, 6.45) is 1.86. The van der Waals surface area contributed by atoms with Gasteiger partial charge in [-0.05, 0) is 43.5 Å². The third-order valence-electron chi connectivity index (χ3n) is 3.05. The van der Waals surface area contributed by atoms with Gasteiger partial charge in [-0.1, -0.05) is 25.4 Å². The van der Waals surface area contributed by atoms with Crippen LogP contribution in [0.1, 0.15) is 31.4 Å². The summed E-state index contributed by atoms with van der Waals surface area (Å²) in [7, 11) is 0. The molecule has 100 valence electrons. The van der Waals surface area contributed by atoms with E-state index in [1.807, 2.05) is 6.92 Å². The Labute approximate surface area is 112 Å². The highest BCUT2D eigenvalue weighted by molar-refractivity contribution is 6.32. The average Bonchev–Trinajstić information content (AvgIpc) is 2.32. The van der Waals surface area contributed by atoms with Gasteiger partial charge in [0.15, 0.2) is 0 Å². The number of benzene rings is 1. The minimum absolute atomic E-state index is 0.0191. The molecule has 1 N–H and O–H groups in total. The lowest BCUT2D eigenvalue weighted by Crippen LogP contribution is -2.30. The normalized spacial score (nSPS) is 12.4. The minimum Gasteiger partial charge on any atom is -0.314 e. The highest BCUT2D eigenvalue weighted by atomic mass is 35.5. The van der Waals surface area contributed by atoms with Crippen LogP contribution in [0.15, 0.2) is 12.1 Å². The largest absolute Gasteiger partial charge is 0.314 e. The quantitative estimate of drug-likeness (QED) is 0.636. The van der Waals surface area contributed by atoms with Gasteiger partial charge in [0.05, 0.1) is 4.92 Å². The monoisotopic (exact) mass is 270 g/mol. The van der Waals surface area contributed by atoms with Crippen molar-refractivity contribution in [2.24, 2.45) is 0 Å². The smallest absolute Gasteiger partial charge is 0.288 e. The number of nitrogens with one attached hydrogen (secondary N) is 1. The topological polar surface area (TPSA) is 55.2 Å². The molecule has 5 heteroatoms. The Hall–Kier alpha value is -1.13. The molecule has 0 aliphatic heterocycles. The summed E-state index contributed by atoms with van der Waals surface area (Å²) in [5, 5.41) is 14.4. The maximum absolute atomic E-state index is 10.8. The highest BCUT2D eigenvalue weighted by Crippen LogP contribution is 2.28. The first kappa shape index (κ1) is 14.9. The molecule has 0 saturated carbocycles. The molecule has 4 nitrogen and oxygen atoms in total. The van der Waals surface area contributed by atoms with Gasteiger partial charge >= 0.3 is 0 Å². The van der Waals surface area contributed by atoms with Crippen LogP contribution in [0.2, 0.25) is 5.02 Å². The van der Waals surface area contributed by atoms with Crippen LogP contribution in [-0.2, 0) is 6.42 Å². The number of hydrogen-bond donors (Lipinski definition) is 1. The van der Waals surface area contributed by atoms with Crippen molar-refractivity contribution in [2.45, 2.75) is 39.7 Å². The molecule has 0 radical (unpaired) electrons. The van der Waals surface area contributed by atoms with Crippen LogP contribution >= 0.6 is 11.6 Å². The minimum atomic E-state index is -0.444. The standard InChI is InChI=1S/C13H19ClN2O2/c1-4-11(15-5-2)7-10-8-12(14)13(16(17)18)6-9(10)3/h6,8,11,15H,4-5,7H2,1-3H3. The summed E-state index contributed by atoms with van der Waals surface area (Å²) < 4.78 is 0. The second-order valence-corrected chi connectivity index (χ2v) is 4.76. The number of halogens is 1. The van der Waals surface area contributed by atoms with Gasteiger partial charge in [-0.15, -0.1) is 0 Å². The van der Waals surface area contributed by atoms with Crippen LogP contribution in [0.3, 0.4) is 0 Å². The summed E-state index contributed by atoms with van der Waals surface area (Å²) in [4.78, 5) is 10.3. The van der Waals surface area contributed by atoms with Crippen LogP contribution in [0.4, 0.5) is 5.69 Å². The Morgan fingerprint density at radius 2 is 2.11 bits per heavy atom. The van der Waals surface area contributed by atoms with E-state index in [-0.39, 0.29) is 10.7 Å². The fraction of sp³-hybridized carbons (Fsp3) is 0.538. The van der Waals surface area contributed by atoms with E-state index in [4.69, 9.17) is 11.6 Å². The second kappa shape index (κ2) is 6.71. The van der Waals surface area contributed by atoms with Crippen molar-refractivity contribution < 1.29 is 4.92 Å². The van der Waals surface area contributed by atoms with E-state index in [2.05, 4.69) is 19.2 Å². The van der Waals surface area contributed by atoms with E-state index < -0.39 is 4.92 Å². The van der Waals surface area contributed by atoms with Gasteiger partial charge in [-0.2, -0.15) is 0 Å². The SMILES string of the molecule is CCNC(CC)Cc1cc(Cl)c([N+](=O)[O-])cc1C. The van der Waals surface area contributed by atoms with E-state index in [0.29, 0.717) is 6.04 Å². The number of aryl methyl sites for hydroxylation is 1. The summed E-state index contributed by atoms with van der Waals surface area (Å²) in [5.41, 5.74) is 1.97. The predicted molar refractivity (Wildman–Crippen MR) is 74.3 cm³/mol. The van der Waals surface area contributed by atoms with Gasteiger partial charge in [0.1, 0.15) is 5.02 Å². The molecular formula is C13H19ClN2O2. The van der Waals surface area contributed by atoms with Crippen LogP contribution in [0.25, 0.3) is 0 Å². The first-order chi connectivity index (χ1) is 8.49. The summed E-state index contributed by atoms with van der Waals surface area (Å²) in [6, 6.07) is 3.65. The van der Waals surface area contributed by atoms with Gasteiger partial charge in [-0.3, -0.25) is 10.1 Å². The van der Waals surface area contributed by atoms with Gasteiger partial charge in [-0.25, -0.2) is 0 Å². The maximum atomic E-state index is 10.8. The van der Waals surface area contributed by atoms with Crippen molar-refractivity contribution in [3.63, 3.8) is 0 Å². The molecular weight excluding hydrogens is 252 g/mol. The molecule has 0 bridgehead atoms. The van der Waals surface area contributed by atoms with Crippen molar-refractivity contribution in [3.05, 3.63) is 38.4 Å². The Balaban J connectivity index is 2.97. The number of rotatable bonds is 6. The zero-order valence-electron chi connectivity index (χ0n) is 11.0. The van der Waals surface area contributed by atoms with Crippen molar-refractivity contribution in [1.82, 2.24) is 5.32 Å². The third kappa shape index (κ3) is 3.68. The highest BCUT2D eigenvalue weighted by Gasteiger charge is 2.16. The molecule has 0 heterocycles. The summed E-state index contributed by atoms with van der Waals surface area (Å²) in [6.45, 7) is 6.99. The van der Waals surface area contributed by atoms with Crippen LogP contribution in [-0.4, -0.2) is 17.5 Å². The number of hydrogen-bond acceptors (Lipinski definition) is 3. The zero-order chi connectivity index (χ0) is 13.7. The summed E-state index contributed by atoms with van der Waals surface area (Å²) in [5.74, 6) is 0. The second-order valence-electron chi connectivity index (χ2n) is 4.35. The molecule has 1 atom stereocenters. The van der Waals surface area contributed by atoms with Crippen LogP contribution in [0.5, 0.6) is 0 Å². The first-order valence-corrected chi connectivity index (χ1v) is 6.54. The van der Waals surface area contributed by atoms with Gasteiger partial charge < -0.3 is 5.32 Å². The molecule has 1 aromatic carbocycles. The molecule has 0 aromatic heterocycles. The van der Waals surface area contributed by atoms with E-state index in [1.54, 1.807) is 12.1 Å². The maximum Gasteiger partial charge on any atom is 0.288 e. The van der Waals surface area contributed by atoms with Crippen molar-refractivity contribution in [1.29, 1.82) is 0 Å². The van der Waals surface area contributed by atoms with E-state index >= 15 is 0 Å². The van der Waals surface area contributed by atoms with E-state index in [1.165, 1.54) is 0 Å². The Morgan fingerprint density at radius 1 is 1.44 bits per heavy atom. The lowest BCUT2D eigenvalue weighted by molar-refractivity contribution is -0.384. The van der Waals surface area contributed by atoms with E-state index in [0.717, 1.165) is 30.5 Å². The van der Waals surface area contributed by atoms with Gasteiger partial charge in [0.2, 0.25) is 0 Å². The molecule has 1 rings (SSSR count). The molecule has 18 heavy (non-hydrogen) atoms. The lowest BCUT2D eigenvalue weighted by Gasteiger charge is -2.17. The van der Waals surface area contributed by atoms with Crippen molar-refractivity contribution in [3.8, 4) is 0 Å². The Bertz CT molecular complexity index is 435. The summed E-state index contributed by atoms with van der Waals surface area (Å²) >= 11 is 5.94. The van der Waals surface area contributed by atoms with Gasteiger partial charge in [0, 0.05) is 12.1 Å². The van der Waals surface area contributed by atoms with Crippen molar-refractivity contribution >= 4 is 17.3 Å². The number of nitro groups is 1. The van der Waals surface area contributed by atoms with Gasteiger partial charge in [0.25, 0.3) is 5.69 Å². The molecule has 1 aromatic rings. The predicted octanol–water partition coefficient (Wildman–Crippen LogP) is 3.49. The average molecular weight is 271 g/mol. The fourth-order valence-corrected chi connectivity index (χ4v) is 2.24. The van der Waals surface area contributed by atoms with E-state index in [9.17, 15) is 10.1 Å². The molecule has 0 fully saturated rings.